The van der Waals surface area contributed by atoms with Gasteiger partial charge in [0.1, 0.15) is 17.4 Å². The lowest BCUT2D eigenvalue weighted by Crippen LogP contribution is -2.15. The van der Waals surface area contributed by atoms with Gasteiger partial charge in [-0.1, -0.05) is 26.8 Å². The maximum Gasteiger partial charge on any atom is 0.127 e. The summed E-state index contributed by atoms with van der Waals surface area (Å²) < 4.78 is 2.17. The maximum absolute atomic E-state index is 9.21. The smallest absolute Gasteiger partial charge is 0.127 e. The van der Waals surface area contributed by atoms with Crippen molar-refractivity contribution in [1.82, 2.24) is 9.55 Å². The van der Waals surface area contributed by atoms with Gasteiger partial charge in [-0.3, -0.25) is 0 Å². The van der Waals surface area contributed by atoms with Crippen molar-refractivity contribution in [3.05, 3.63) is 29.6 Å². The zero-order chi connectivity index (χ0) is 14.9. The molecule has 1 heterocycles. The van der Waals surface area contributed by atoms with Gasteiger partial charge < -0.3 is 4.57 Å². The number of benzene rings is 1. The van der Waals surface area contributed by atoms with E-state index in [0.717, 1.165) is 23.4 Å². The first-order valence-corrected chi connectivity index (χ1v) is 7.42. The Labute approximate surface area is 125 Å². The summed E-state index contributed by atoms with van der Waals surface area (Å²) in [5.41, 5.74) is 2.37. The van der Waals surface area contributed by atoms with Crippen LogP contribution in [0, 0.1) is 23.2 Å². The third-order valence-corrected chi connectivity index (χ3v) is 4.09. The van der Waals surface area contributed by atoms with E-state index in [0.29, 0.717) is 17.4 Å². The zero-order valence-corrected chi connectivity index (χ0v) is 13.1. The van der Waals surface area contributed by atoms with Gasteiger partial charge in [0, 0.05) is 6.54 Å². The number of para-hydroxylation sites is 1. The minimum atomic E-state index is -0.173. The summed E-state index contributed by atoms with van der Waals surface area (Å²) in [6.07, 6.45) is 0. The molecule has 0 saturated heterocycles. The fourth-order valence-electron chi connectivity index (χ4n) is 2.25. The van der Waals surface area contributed by atoms with Crippen LogP contribution in [0.1, 0.15) is 44.5 Å². The second-order valence-electron chi connectivity index (χ2n) is 5.70. The molecule has 0 radical (unpaired) electrons. The number of hydrogen-bond donors (Lipinski definition) is 0. The van der Waals surface area contributed by atoms with Gasteiger partial charge in [-0.25, -0.2) is 4.98 Å². The Morgan fingerprint density at radius 1 is 1.30 bits per heavy atom. The summed E-state index contributed by atoms with van der Waals surface area (Å²) in [6, 6.07) is 7.92. The van der Waals surface area contributed by atoms with Crippen molar-refractivity contribution >= 4 is 22.6 Å². The van der Waals surface area contributed by atoms with Crippen LogP contribution in [-0.2, 0) is 6.54 Å². The van der Waals surface area contributed by atoms with Gasteiger partial charge in [0.2, 0.25) is 0 Å². The van der Waals surface area contributed by atoms with E-state index in [4.69, 9.17) is 11.6 Å². The first-order valence-electron chi connectivity index (χ1n) is 6.99. The molecule has 0 N–H and O–H groups in total. The molecule has 0 amide bonds. The van der Waals surface area contributed by atoms with Crippen LogP contribution in [-0.4, -0.2) is 9.55 Å². The molecule has 2 rings (SSSR count). The molecule has 3 nitrogen and oxygen atoms in total. The first-order chi connectivity index (χ1) is 9.45. The van der Waals surface area contributed by atoms with Crippen LogP contribution in [0.4, 0.5) is 0 Å². The normalized spacial score (nSPS) is 14.4. The van der Waals surface area contributed by atoms with Gasteiger partial charge in [0.15, 0.2) is 0 Å². The lowest BCUT2D eigenvalue weighted by molar-refractivity contribution is 0.364. The van der Waals surface area contributed by atoms with Crippen LogP contribution in [0.3, 0.4) is 0 Å². The van der Waals surface area contributed by atoms with E-state index in [1.807, 2.05) is 19.1 Å². The molecule has 0 bridgehead atoms. The van der Waals surface area contributed by atoms with E-state index >= 15 is 0 Å². The summed E-state index contributed by atoms with van der Waals surface area (Å²) in [6.45, 7) is 9.46. The predicted octanol–water partition coefficient (Wildman–Crippen LogP) is 4.50. The minimum Gasteiger partial charge on any atom is -0.326 e. The van der Waals surface area contributed by atoms with Crippen LogP contribution < -0.4 is 0 Å². The van der Waals surface area contributed by atoms with Crippen LogP contribution in [0.5, 0.6) is 0 Å². The van der Waals surface area contributed by atoms with Gasteiger partial charge in [-0.15, -0.1) is 11.6 Å². The van der Waals surface area contributed by atoms with Crippen molar-refractivity contribution in [3.8, 4) is 6.07 Å². The Hall–Kier alpha value is -1.53. The van der Waals surface area contributed by atoms with Crippen molar-refractivity contribution in [2.75, 3.05) is 0 Å². The standard InChI is InChI=1S/C16H20ClN3/c1-10(2)11(3)9-20-14-7-5-6-13(8-18)15(14)19-16(20)12(4)17/h5-7,10-12H,9H2,1-4H3. The highest BCUT2D eigenvalue weighted by Crippen LogP contribution is 2.28. The second-order valence-corrected chi connectivity index (χ2v) is 6.36. The number of imidazole rings is 1. The number of alkyl halides is 1. The monoisotopic (exact) mass is 289 g/mol. The maximum atomic E-state index is 9.21. The van der Waals surface area contributed by atoms with Crippen molar-refractivity contribution in [1.29, 1.82) is 5.26 Å². The number of fused-ring (bicyclic) bond motifs is 1. The van der Waals surface area contributed by atoms with Crippen LogP contribution in [0.25, 0.3) is 11.0 Å². The Balaban J connectivity index is 2.61. The highest BCUT2D eigenvalue weighted by atomic mass is 35.5. The minimum absolute atomic E-state index is 0.173. The quantitative estimate of drug-likeness (QED) is 0.778. The highest BCUT2D eigenvalue weighted by Gasteiger charge is 2.19. The average Bonchev–Trinajstić information content (AvgIpc) is 2.77. The number of halogens is 1. The van der Waals surface area contributed by atoms with Gasteiger partial charge >= 0.3 is 0 Å². The molecule has 4 heteroatoms. The van der Waals surface area contributed by atoms with Gasteiger partial charge in [0.05, 0.1) is 16.5 Å². The third-order valence-electron chi connectivity index (χ3n) is 3.89. The SMILES string of the molecule is CC(Cl)c1nc2c(C#N)cccc2n1CC(C)C(C)C. The summed E-state index contributed by atoms with van der Waals surface area (Å²) >= 11 is 6.27. The topological polar surface area (TPSA) is 41.6 Å². The molecule has 106 valence electrons. The molecule has 0 spiro atoms. The van der Waals surface area contributed by atoms with E-state index in [1.165, 1.54) is 0 Å². The van der Waals surface area contributed by atoms with Gasteiger partial charge in [0.25, 0.3) is 0 Å². The number of nitrogens with zero attached hydrogens (tertiary/aromatic N) is 3. The summed E-state index contributed by atoms with van der Waals surface area (Å²) in [7, 11) is 0. The molecule has 0 fully saturated rings. The summed E-state index contributed by atoms with van der Waals surface area (Å²) in [5, 5.41) is 9.04. The van der Waals surface area contributed by atoms with E-state index in [9.17, 15) is 5.26 Å². The largest absolute Gasteiger partial charge is 0.326 e. The first kappa shape index (κ1) is 14.9. The number of hydrogen-bond acceptors (Lipinski definition) is 2. The van der Waals surface area contributed by atoms with Gasteiger partial charge in [-0.05, 0) is 30.9 Å². The molecule has 2 unspecified atom stereocenters. The molecule has 1 aromatic heterocycles. The number of nitriles is 1. The molecule has 0 aliphatic rings. The summed E-state index contributed by atoms with van der Waals surface area (Å²) in [4.78, 5) is 4.60. The average molecular weight is 290 g/mol. The molecule has 0 aliphatic carbocycles. The number of rotatable bonds is 4. The van der Waals surface area contributed by atoms with Crippen molar-refractivity contribution < 1.29 is 0 Å². The number of aromatic nitrogens is 2. The predicted molar refractivity (Wildman–Crippen MR) is 82.7 cm³/mol. The Kier molecular flexibility index (Phi) is 4.35. The van der Waals surface area contributed by atoms with E-state index in [1.54, 1.807) is 6.07 Å². The molecule has 2 aromatic rings. The van der Waals surface area contributed by atoms with E-state index in [2.05, 4.69) is 36.4 Å². The Morgan fingerprint density at radius 3 is 2.55 bits per heavy atom. The Morgan fingerprint density at radius 2 is 2.00 bits per heavy atom. The van der Waals surface area contributed by atoms with Crippen molar-refractivity contribution in [2.24, 2.45) is 11.8 Å². The van der Waals surface area contributed by atoms with Crippen molar-refractivity contribution in [3.63, 3.8) is 0 Å². The molecule has 0 aliphatic heterocycles. The molecule has 0 saturated carbocycles. The molecule has 2 atom stereocenters. The molecular weight excluding hydrogens is 270 g/mol. The fraction of sp³-hybridized carbons (Fsp3) is 0.500. The van der Waals surface area contributed by atoms with Crippen LogP contribution in [0.15, 0.2) is 18.2 Å². The van der Waals surface area contributed by atoms with E-state index in [-0.39, 0.29) is 5.38 Å². The zero-order valence-electron chi connectivity index (χ0n) is 12.4. The van der Waals surface area contributed by atoms with Crippen molar-refractivity contribution in [2.45, 2.75) is 39.6 Å². The van der Waals surface area contributed by atoms with Gasteiger partial charge in [-0.2, -0.15) is 5.26 Å². The second kappa shape index (κ2) is 5.85. The van der Waals surface area contributed by atoms with Crippen LogP contribution in [0.2, 0.25) is 0 Å². The molecule has 1 aromatic carbocycles. The third kappa shape index (κ3) is 2.66. The Bertz CT molecular complexity index is 650. The molecule has 20 heavy (non-hydrogen) atoms. The summed E-state index contributed by atoms with van der Waals surface area (Å²) in [5.74, 6) is 1.95. The fourth-order valence-corrected chi connectivity index (χ4v) is 2.42. The lowest BCUT2D eigenvalue weighted by atomic mass is 9.98. The van der Waals surface area contributed by atoms with E-state index < -0.39 is 0 Å². The highest BCUT2D eigenvalue weighted by molar-refractivity contribution is 6.20. The van der Waals surface area contributed by atoms with Crippen LogP contribution >= 0.6 is 11.6 Å². The molecular formula is C16H20ClN3. The lowest BCUT2D eigenvalue weighted by Gasteiger charge is -2.19.